The highest BCUT2D eigenvalue weighted by Gasteiger charge is 2.47. The van der Waals surface area contributed by atoms with Gasteiger partial charge in [-0.1, -0.05) is 0 Å². The van der Waals surface area contributed by atoms with Gasteiger partial charge in [0, 0.05) is 6.07 Å². The average molecular weight is 255 g/mol. The molecule has 1 aliphatic rings. The largest absolute Gasteiger partial charge is 0.394 e. The number of carbonyl (C=O) groups is 1. The van der Waals surface area contributed by atoms with E-state index in [1.165, 1.54) is 16.8 Å². The maximum atomic E-state index is 11.1. The second kappa shape index (κ2) is 4.99. The van der Waals surface area contributed by atoms with Crippen LogP contribution >= 0.6 is 0 Å². The molecule has 1 aromatic heterocycles. The Hall–Kier alpha value is -1.54. The Labute approximate surface area is 103 Å². The number of rotatable bonds is 3. The van der Waals surface area contributed by atoms with Crippen LogP contribution < -0.4 is 10.3 Å². The second-order valence-corrected chi connectivity index (χ2v) is 4.13. The summed E-state index contributed by atoms with van der Waals surface area (Å²) in [5.41, 5.74) is 5.41. The van der Waals surface area contributed by atoms with Gasteiger partial charge in [0.25, 0.3) is 12.1 Å². The molecule has 7 nitrogen and oxygen atoms in total. The van der Waals surface area contributed by atoms with Crippen LogP contribution in [0.4, 0.5) is 0 Å². The molecule has 2 heterocycles. The monoisotopic (exact) mass is 255 g/mol. The summed E-state index contributed by atoms with van der Waals surface area (Å²) in [4.78, 5) is 11.1. The number of aromatic nitrogens is 1. The molecule has 1 aliphatic heterocycles. The molecular weight excluding hydrogens is 240 g/mol. The predicted octanol–water partition coefficient (Wildman–Crippen LogP) is -2.32. The summed E-state index contributed by atoms with van der Waals surface area (Å²) in [6.07, 6.45) is -1.08. The van der Waals surface area contributed by atoms with Crippen molar-refractivity contribution < 1.29 is 29.4 Å². The van der Waals surface area contributed by atoms with Gasteiger partial charge >= 0.3 is 0 Å². The first-order valence-corrected chi connectivity index (χ1v) is 5.47. The van der Waals surface area contributed by atoms with E-state index in [0.29, 0.717) is 0 Å². The normalized spacial score (nSPS) is 31.5. The van der Waals surface area contributed by atoms with E-state index < -0.39 is 37.1 Å². The van der Waals surface area contributed by atoms with Crippen LogP contribution in [0.3, 0.4) is 0 Å². The van der Waals surface area contributed by atoms with Crippen molar-refractivity contribution in [2.24, 2.45) is 5.73 Å². The Morgan fingerprint density at radius 3 is 2.72 bits per heavy atom. The molecule has 0 aromatic carbocycles. The van der Waals surface area contributed by atoms with Crippen LogP contribution in [0.25, 0.3) is 0 Å². The van der Waals surface area contributed by atoms with E-state index in [4.69, 9.17) is 15.6 Å². The lowest BCUT2D eigenvalue weighted by Gasteiger charge is -2.09. The van der Waals surface area contributed by atoms with Crippen LogP contribution in [0, 0.1) is 0 Å². The number of carbonyl (C=O) groups excluding carboxylic acids is 1. The lowest BCUT2D eigenvalue weighted by Crippen LogP contribution is -2.46. The standard InChI is InChI=1S/C11H14N2O5/c12-10(17)6-2-1-3-13(4-6)11-9(16)8(15)7(5-14)18-11/h1-4,7-9,11,14-16H,5H2,(H-,12,17)/p+1/t7?,8-,9-,11?/m0/s1. The summed E-state index contributed by atoms with van der Waals surface area (Å²) in [5, 5.41) is 28.4. The third-order valence-electron chi connectivity index (χ3n) is 2.92. The van der Waals surface area contributed by atoms with E-state index in [1.807, 2.05) is 0 Å². The third kappa shape index (κ3) is 2.21. The van der Waals surface area contributed by atoms with Crippen molar-refractivity contribution in [3.8, 4) is 0 Å². The van der Waals surface area contributed by atoms with Gasteiger partial charge in [-0.15, -0.1) is 0 Å². The summed E-state index contributed by atoms with van der Waals surface area (Å²) < 4.78 is 6.75. The van der Waals surface area contributed by atoms with E-state index in [1.54, 1.807) is 12.3 Å². The molecule has 18 heavy (non-hydrogen) atoms. The highest BCUT2D eigenvalue weighted by Crippen LogP contribution is 2.24. The lowest BCUT2D eigenvalue weighted by atomic mass is 10.1. The molecule has 4 atom stereocenters. The second-order valence-electron chi connectivity index (χ2n) is 4.13. The van der Waals surface area contributed by atoms with Crippen LogP contribution in [-0.4, -0.2) is 46.1 Å². The fraction of sp³-hybridized carbons (Fsp3) is 0.455. The van der Waals surface area contributed by atoms with Gasteiger partial charge < -0.3 is 25.8 Å². The first kappa shape index (κ1) is 12.9. The molecule has 1 aromatic rings. The molecule has 2 rings (SSSR count). The summed E-state index contributed by atoms with van der Waals surface area (Å²) >= 11 is 0. The van der Waals surface area contributed by atoms with Crippen LogP contribution in [0.2, 0.25) is 0 Å². The SMILES string of the molecule is NC(=O)c1ccc[n+](C2OC(CO)[C@H](O)[C@@H]2O)c1. The molecule has 7 heteroatoms. The van der Waals surface area contributed by atoms with Crippen molar-refractivity contribution in [1.29, 1.82) is 0 Å². The topological polar surface area (TPSA) is 117 Å². The van der Waals surface area contributed by atoms with Gasteiger partial charge in [0.1, 0.15) is 17.8 Å². The molecule has 0 saturated carbocycles. The number of hydrogen-bond acceptors (Lipinski definition) is 5. The predicted molar refractivity (Wildman–Crippen MR) is 58.2 cm³/mol. The molecular formula is C11H15N2O5+. The summed E-state index contributed by atoms with van der Waals surface area (Å²) in [7, 11) is 0. The number of primary amides is 1. The minimum absolute atomic E-state index is 0.259. The molecule has 0 bridgehead atoms. The van der Waals surface area contributed by atoms with Crippen molar-refractivity contribution in [2.45, 2.75) is 24.5 Å². The first-order chi connectivity index (χ1) is 8.54. The molecule has 1 saturated heterocycles. The molecule has 0 spiro atoms. The zero-order chi connectivity index (χ0) is 13.3. The van der Waals surface area contributed by atoms with Crippen LogP contribution in [-0.2, 0) is 4.74 Å². The minimum Gasteiger partial charge on any atom is -0.394 e. The minimum atomic E-state index is -1.18. The van der Waals surface area contributed by atoms with E-state index in [9.17, 15) is 15.0 Å². The number of amides is 1. The Morgan fingerprint density at radius 1 is 1.44 bits per heavy atom. The quantitative estimate of drug-likeness (QED) is 0.453. The van der Waals surface area contributed by atoms with E-state index in [0.717, 1.165) is 0 Å². The van der Waals surface area contributed by atoms with Crippen molar-refractivity contribution >= 4 is 5.91 Å². The Balaban J connectivity index is 2.27. The third-order valence-corrected chi connectivity index (χ3v) is 2.92. The van der Waals surface area contributed by atoms with Gasteiger partial charge in [0.05, 0.1) is 6.61 Å². The lowest BCUT2D eigenvalue weighted by molar-refractivity contribution is -0.765. The molecule has 5 N–H and O–H groups in total. The maximum absolute atomic E-state index is 11.1. The van der Waals surface area contributed by atoms with Gasteiger partial charge in [-0.2, -0.15) is 4.57 Å². The van der Waals surface area contributed by atoms with E-state index in [2.05, 4.69) is 0 Å². The number of nitrogens with two attached hydrogens (primary N) is 1. The summed E-state index contributed by atoms with van der Waals surface area (Å²) in [5.74, 6) is -0.601. The van der Waals surface area contributed by atoms with Gasteiger partial charge in [0.15, 0.2) is 18.5 Å². The smallest absolute Gasteiger partial charge is 0.292 e. The van der Waals surface area contributed by atoms with E-state index in [-0.39, 0.29) is 5.56 Å². The van der Waals surface area contributed by atoms with E-state index >= 15 is 0 Å². The number of aliphatic hydroxyl groups is 3. The fourth-order valence-corrected chi connectivity index (χ4v) is 1.92. The Morgan fingerprint density at radius 2 is 2.17 bits per heavy atom. The van der Waals surface area contributed by atoms with Crippen LogP contribution in [0.1, 0.15) is 16.6 Å². The van der Waals surface area contributed by atoms with Gasteiger partial charge in [0.2, 0.25) is 0 Å². The zero-order valence-corrected chi connectivity index (χ0v) is 9.51. The summed E-state index contributed by atoms with van der Waals surface area (Å²) in [6, 6.07) is 3.11. The Bertz CT molecular complexity index is 453. The molecule has 98 valence electrons. The first-order valence-electron chi connectivity index (χ1n) is 5.47. The van der Waals surface area contributed by atoms with Crippen molar-refractivity contribution in [3.63, 3.8) is 0 Å². The van der Waals surface area contributed by atoms with Gasteiger partial charge in [-0.05, 0) is 6.07 Å². The maximum Gasteiger partial charge on any atom is 0.292 e. The molecule has 0 aliphatic carbocycles. The average Bonchev–Trinajstić information content (AvgIpc) is 2.66. The van der Waals surface area contributed by atoms with Crippen LogP contribution in [0.15, 0.2) is 24.5 Å². The van der Waals surface area contributed by atoms with Gasteiger partial charge in [-0.25, -0.2) is 0 Å². The van der Waals surface area contributed by atoms with Gasteiger partial charge in [-0.3, -0.25) is 4.79 Å². The number of hydrogen-bond donors (Lipinski definition) is 4. The van der Waals surface area contributed by atoms with Crippen molar-refractivity contribution in [1.82, 2.24) is 0 Å². The molecule has 0 radical (unpaired) electrons. The highest BCUT2D eigenvalue weighted by molar-refractivity contribution is 5.92. The number of pyridine rings is 1. The summed E-state index contributed by atoms with van der Waals surface area (Å²) in [6.45, 7) is -0.398. The molecule has 1 fully saturated rings. The highest BCUT2D eigenvalue weighted by atomic mass is 16.6. The number of aliphatic hydroxyl groups excluding tert-OH is 3. The van der Waals surface area contributed by atoms with Crippen molar-refractivity contribution in [3.05, 3.63) is 30.1 Å². The van der Waals surface area contributed by atoms with Crippen LogP contribution in [0.5, 0.6) is 0 Å². The Kier molecular flexibility index (Phi) is 3.58. The fourth-order valence-electron chi connectivity index (χ4n) is 1.92. The molecule has 2 unspecified atom stereocenters. The number of nitrogens with zero attached hydrogens (tertiary/aromatic N) is 1. The zero-order valence-electron chi connectivity index (χ0n) is 9.51. The van der Waals surface area contributed by atoms with Crippen molar-refractivity contribution in [2.75, 3.05) is 6.61 Å². The number of ether oxygens (including phenoxy) is 1. The molecule has 1 amide bonds.